The van der Waals surface area contributed by atoms with Crippen LogP contribution in [0, 0.1) is 35.0 Å². The van der Waals surface area contributed by atoms with Crippen molar-refractivity contribution < 1.29 is 27.8 Å². The van der Waals surface area contributed by atoms with E-state index >= 15 is 0 Å². The van der Waals surface area contributed by atoms with Crippen LogP contribution in [-0.2, 0) is 19.1 Å². The number of carbonyl (C=O) groups excluding carboxylic acids is 2. The smallest absolute Gasteiger partial charge is 0.373 e. The second-order valence-corrected chi connectivity index (χ2v) is 11.3. The van der Waals surface area contributed by atoms with Crippen LogP contribution in [0.15, 0.2) is 0 Å². The predicted molar refractivity (Wildman–Crippen MR) is 106 cm³/mol. The van der Waals surface area contributed by atoms with Gasteiger partial charge in [-0.2, -0.15) is 8.78 Å². The molecule has 6 heteroatoms. The fourth-order valence-corrected chi connectivity index (χ4v) is 8.32. The minimum Gasteiger partial charge on any atom is -0.461 e. The highest BCUT2D eigenvalue weighted by atomic mass is 19.3. The van der Waals surface area contributed by atoms with E-state index in [4.69, 9.17) is 9.47 Å². The first-order valence-electron chi connectivity index (χ1n) is 12.0. The molecule has 0 heterocycles. The highest BCUT2D eigenvalue weighted by Gasteiger charge is 2.60. The minimum absolute atomic E-state index is 0.0185. The number of hydrogen-bond acceptors (Lipinski definition) is 4. The molecule has 6 saturated carbocycles. The zero-order valence-corrected chi connectivity index (χ0v) is 17.8. The molecule has 0 radical (unpaired) electrons. The Labute approximate surface area is 177 Å². The zero-order chi connectivity index (χ0) is 20.9. The van der Waals surface area contributed by atoms with E-state index in [9.17, 15) is 18.4 Å². The number of carbonyl (C=O) groups is 2. The summed E-state index contributed by atoms with van der Waals surface area (Å²) in [5.74, 6) is 0.931. The Morgan fingerprint density at radius 1 is 0.900 bits per heavy atom. The summed E-state index contributed by atoms with van der Waals surface area (Å²) in [7, 11) is 0. The fourth-order valence-electron chi connectivity index (χ4n) is 8.32. The lowest BCUT2D eigenvalue weighted by Crippen LogP contribution is -2.59. The standard InChI is InChI=1S/C24H34F2O4/c25-20(26)22(28)29-14-23-9-15-7-16(10-23)12-24(11-15,13-23)30-21(27)19-6-5-17-3-1-2-4-18(17)8-19/h15-20H,1-14H2. The van der Waals surface area contributed by atoms with E-state index in [1.54, 1.807) is 0 Å². The molecule has 30 heavy (non-hydrogen) atoms. The molecule has 0 amide bonds. The predicted octanol–water partition coefficient (Wildman–Crippen LogP) is 5.28. The van der Waals surface area contributed by atoms with Gasteiger partial charge in [-0.1, -0.05) is 25.7 Å². The maximum atomic E-state index is 13.2. The van der Waals surface area contributed by atoms with E-state index in [1.165, 1.54) is 25.7 Å². The Morgan fingerprint density at radius 3 is 2.30 bits per heavy atom. The van der Waals surface area contributed by atoms with Crippen LogP contribution in [0.4, 0.5) is 8.78 Å². The summed E-state index contributed by atoms with van der Waals surface area (Å²) >= 11 is 0. The molecule has 5 unspecified atom stereocenters. The van der Waals surface area contributed by atoms with Crippen molar-refractivity contribution in [1.29, 1.82) is 0 Å². The first-order chi connectivity index (χ1) is 14.4. The number of ether oxygens (including phenoxy) is 2. The lowest BCUT2D eigenvalue weighted by molar-refractivity contribution is -0.216. The summed E-state index contributed by atoms with van der Waals surface area (Å²) in [5.41, 5.74) is -0.766. The Bertz CT molecular complexity index is 679. The van der Waals surface area contributed by atoms with E-state index < -0.39 is 18.0 Å². The van der Waals surface area contributed by atoms with Crippen LogP contribution in [0.2, 0.25) is 0 Å². The molecule has 0 N–H and O–H groups in total. The van der Waals surface area contributed by atoms with Crippen LogP contribution < -0.4 is 0 Å². The van der Waals surface area contributed by atoms with Crippen molar-refractivity contribution in [3.05, 3.63) is 0 Å². The SMILES string of the molecule is O=C(OCC12CC3CC(C1)CC(OC(=O)C1CCC4CCCCC4C1)(C3)C2)C(F)F. The second-order valence-electron chi connectivity index (χ2n) is 11.3. The van der Waals surface area contributed by atoms with E-state index in [0.29, 0.717) is 24.2 Å². The molecular formula is C24H34F2O4. The normalized spacial score (nSPS) is 44.6. The molecular weight excluding hydrogens is 390 g/mol. The Hall–Kier alpha value is -1.20. The third-order valence-electron chi connectivity index (χ3n) is 9.02. The third kappa shape index (κ3) is 3.88. The van der Waals surface area contributed by atoms with Crippen LogP contribution in [-0.4, -0.2) is 30.6 Å². The Morgan fingerprint density at radius 2 is 1.60 bits per heavy atom. The Kier molecular flexibility index (Phi) is 5.34. The van der Waals surface area contributed by atoms with Crippen LogP contribution >= 0.6 is 0 Å². The van der Waals surface area contributed by atoms with Gasteiger partial charge in [0.1, 0.15) is 5.60 Å². The van der Waals surface area contributed by atoms with Crippen molar-refractivity contribution in [3.63, 3.8) is 0 Å². The van der Waals surface area contributed by atoms with Crippen molar-refractivity contribution >= 4 is 11.9 Å². The number of rotatable bonds is 5. The lowest BCUT2D eigenvalue weighted by atomic mass is 9.48. The van der Waals surface area contributed by atoms with Gasteiger partial charge in [0.05, 0.1) is 12.5 Å². The molecule has 0 aromatic carbocycles. The highest BCUT2D eigenvalue weighted by molar-refractivity contribution is 5.73. The van der Waals surface area contributed by atoms with Gasteiger partial charge in [-0.15, -0.1) is 0 Å². The van der Waals surface area contributed by atoms with Crippen LogP contribution in [0.5, 0.6) is 0 Å². The summed E-state index contributed by atoms with van der Waals surface area (Å²) < 4.78 is 36.5. The largest absolute Gasteiger partial charge is 0.461 e. The van der Waals surface area contributed by atoms with Gasteiger partial charge in [0.2, 0.25) is 0 Å². The van der Waals surface area contributed by atoms with Gasteiger partial charge in [-0.25, -0.2) is 4.79 Å². The highest BCUT2D eigenvalue weighted by Crippen LogP contribution is 2.63. The second kappa shape index (κ2) is 7.74. The zero-order valence-electron chi connectivity index (χ0n) is 17.8. The summed E-state index contributed by atoms with van der Waals surface area (Å²) in [5, 5.41) is 0. The van der Waals surface area contributed by atoms with Gasteiger partial charge in [-0.3, -0.25) is 4.79 Å². The van der Waals surface area contributed by atoms with Crippen LogP contribution in [0.25, 0.3) is 0 Å². The van der Waals surface area contributed by atoms with E-state index in [2.05, 4.69) is 0 Å². The van der Waals surface area contributed by atoms with Gasteiger partial charge >= 0.3 is 18.4 Å². The maximum Gasteiger partial charge on any atom is 0.373 e. The van der Waals surface area contributed by atoms with Gasteiger partial charge in [0, 0.05) is 5.41 Å². The number of fused-ring (bicyclic) bond motifs is 1. The summed E-state index contributed by atoms with van der Waals surface area (Å²) in [6, 6.07) is 0. The molecule has 6 aliphatic rings. The van der Waals surface area contributed by atoms with Gasteiger partial charge in [0.15, 0.2) is 0 Å². The van der Waals surface area contributed by atoms with Crippen LogP contribution in [0.3, 0.4) is 0 Å². The number of hydrogen-bond donors (Lipinski definition) is 0. The number of alkyl halides is 2. The van der Waals surface area contributed by atoms with Crippen molar-refractivity contribution in [3.8, 4) is 0 Å². The maximum absolute atomic E-state index is 13.2. The first-order valence-corrected chi connectivity index (χ1v) is 12.0. The molecule has 5 atom stereocenters. The van der Waals surface area contributed by atoms with Gasteiger partial charge < -0.3 is 9.47 Å². The van der Waals surface area contributed by atoms with Crippen molar-refractivity contribution in [2.75, 3.05) is 6.61 Å². The third-order valence-corrected chi connectivity index (χ3v) is 9.02. The molecule has 6 aliphatic carbocycles. The molecule has 6 fully saturated rings. The van der Waals surface area contributed by atoms with Crippen molar-refractivity contribution in [2.24, 2.45) is 35.0 Å². The topological polar surface area (TPSA) is 52.6 Å². The average molecular weight is 425 g/mol. The van der Waals surface area contributed by atoms with Gasteiger partial charge in [-0.05, 0) is 81.5 Å². The summed E-state index contributed by atoms with van der Waals surface area (Å²) in [6.07, 6.45) is 10.5. The van der Waals surface area contributed by atoms with Crippen molar-refractivity contribution in [1.82, 2.24) is 0 Å². The Balaban J connectivity index is 1.25. The van der Waals surface area contributed by atoms with Crippen molar-refractivity contribution in [2.45, 2.75) is 95.5 Å². The molecule has 4 nitrogen and oxygen atoms in total. The van der Waals surface area contributed by atoms with E-state index in [1.807, 2.05) is 0 Å². The fraction of sp³-hybridized carbons (Fsp3) is 0.917. The molecule has 168 valence electrons. The van der Waals surface area contributed by atoms with E-state index in [-0.39, 0.29) is 23.9 Å². The lowest BCUT2D eigenvalue weighted by Gasteiger charge is -2.61. The molecule has 6 rings (SSSR count). The van der Waals surface area contributed by atoms with Gasteiger partial charge in [0.25, 0.3) is 0 Å². The monoisotopic (exact) mass is 424 g/mol. The number of halogens is 2. The average Bonchev–Trinajstić information content (AvgIpc) is 2.70. The molecule has 4 bridgehead atoms. The minimum atomic E-state index is -3.08. The summed E-state index contributed by atoms with van der Waals surface area (Å²) in [6.45, 7) is 0.0374. The molecule has 0 saturated heterocycles. The van der Waals surface area contributed by atoms with Crippen LogP contribution in [0.1, 0.15) is 83.5 Å². The van der Waals surface area contributed by atoms with E-state index in [0.717, 1.165) is 57.3 Å². The molecule has 0 aromatic rings. The first kappa shape index (κ1) is 20.7. The summed E-state index contributed by atoms with van der Waals surface area (Å²) in [4.78, 5) is 24.6. The quantitative estimate of drug-likeness (QED) is 0.563. The number of esters is 2. The molecule has 0 spiro atoms. The molecule has 0 aromatic heterocycles. The molecule has 0 aliphatic heterocycles.